The van der Waals surface area contributed by atoms with Gasteiger partial charge in [0, 0.05) is 16.8 Å². The number of nitrogens with one attached hydrogen (secondary N) is 3. The molecule has 9 heteroatoms. The average molecular weight is 500 g/mol. The van der Waals surface area contributed by atoms with Gasteiger partial charge in [-0.3, -0.25) is 19.4 Å². The lowest BCUT2D eigenvalue weighted by Gasteiger charge is -2.13. The van der Waals surface area contributed by atoms with Crippen molar-refractivity contribution in [1.29, 1.82) is 0 Å². The van der Waals surface area contributed by atoms with E-state index in [0.29, 0.717) is 16.8 Å². The summed E-state index contributed by atoms with van der Waals surface area (Å²) in [5.74, 6) is -0.517. The predicted octanol–water partition coefficient (Wildman–Crippen LogP) is 4.82. The highest BCUT2D eigenvalue weighted by atomic mass is 32.2. The Morgan fingerprint density at radius 1 is 0.889 bits per heavy atom. The minimum absolute atomic E-state index is 0.0726. The van der Waals surface area contributed by atoms with Gasteiger partial charge in [0.1, 0.15) is 0 Å². The van der Waals surface area contributed by atoms with Gasteiger partial charge in [-0.05, 0) is 56.7 Å². The molecule has 8 nitrogen and oxygen atoms in total. The molecule has 0 bridgehead atoms. The summed E-state index contributed by atoms with van der Waals surface area (Å²) in [6, 6.07) is 21.6. The summed E-state index contributed by atoms with van der Waals surface area (Å²) in [6.07, 6.45) is 0. The number of hydrogen-bond acceptors (Lipinski definition) is 6. The monoisotopic (exact) mass is 499 g/mol. The fourth-order valence-electron chi connectivity index (χ4n) is 3.47. The van der Waals surface area contributed by atoms with Crippen molar-refractivity contribution in [1.82, 2.24) is 15.2 Å². The summed E-state index contributed by atoms with van der Waals surface area (Å²) >= 11 is 1.10. The molecule has 3 aromatic carbocycles. The average Bonchev–Trinajstić information content (AvgIpc) is 2.87. The van der Waals surface area contributed by atoms with Crippen LogP contribution in [-0.2, 0) is 4.79 Å². The number of aryl methyl sites for hydroxylation is 2. The van der Waals surface area contributed by atoms with Gasteiger partial charge in [-0.1, -0.05) is 59.8 Å². The molecule has 2 amide bonds. The summed E-state index contributed by atoms with van der Waals surface area (Å²) in [6.45, 7) is 5.52. The van der Waals surface area contributed by atoms with Gasteiger partial charge in [0.2, 0.25) is 5.91 Å². The van der Waals surface area contributed by atoms with Gasteiger partial charge >= 0.3 is 0 Å². The summed E-state index contributed by atoms with van der Waals surface area (Å²) in [4.78, 5) is 41.0. The number of nitrogens with zero attached hydrogens (tertiary/aromatic N) is 2. The second kappa shape index (κ2) is 11.0. The number of para-hydroxylation sites is 1. The van der Waals surface area contributed by atoms with Crippen LogP contribution in [0.2, 0.25) is 0 Å². The summed E-state index contributed by atoms with van der Waals surface area (Å²) < 4.78 is 0. The zero-order valence-corrected chi connectivity index (χ0v) is 20.8. The molecule has 1 heterocycles. The van der Waals surface area contributed by atoms with Crippen molar-refractivity contribution in [2.45, 2.75) is 31.2 Å². The molecule has 36 heavy (non-hydrogen) atoms. The van der Waals surface area contributed by atoms with E-state index in [4.69, 9.17) is 0 Å². The first-order valence-electron chi connectivity index (χ1n) is 11.3. The molecule has 4 rings (SSSR count). The molecule has 3 N–H and O–H groups in total. The molecular weight excluding hydrogens is 474 g/mol. The second-order valence-electron chi connectivity index (χ2n) is 8.24. The maximum atomic E-state index is 13.0. The third-order valence-electron chi connectivity index (χ3n) is 5.45. The standard InChI is InChI=1S/C27H25N5O3S/c1-16-13-14-22(29-25(34)19-10-5-4-6-11-19)20(15-16)23-26(35)30-27(32-31-23)36-18(3)24(33)28-21-12-8-7-9-17(21)2/h4-15,18H,1-3H3,(H,28,33)(H,29,34)(H,30,32,35)/t18-/m0/s1. The van der Waals surface area contributed by atoms with Crippen LogP contribution < -0.4 is 16.2 Å². The topological polar surface area (TPSA) is 117 Å². The number of rotatable bonds is 7. The molecule has 0 aliphatic rings. The van der Waals surface area contributed by atoms with Crippen molar-refractivity contribution in [3.63, 3.8) is 0 Å². The Kier molecular flexibility index (Phi) is 7.60. The molecule has 0 spiro atoms. The van der Waals surface area contributed by atoms with Gasteiger partial charge in [-0.15, -0.1) is 10.2 Å². The molecule has 0 unspecified atom stereocenters. The van der Waals surface area contributed by atoms with Crippen LogP contribution >= 0.6 is 11.8 Å². The number of aromatic amines is 1. The van der Waals surface area contributed by atoms with Gasteiger partial charge in [0.25, 0.3) is 11.5 Å². The van der Waals surface area contributed by atoms with Crippen LogP contribution in [0.5, 0.6) is 0 Å². The highest BCUT2D eigenvalue weighted by molar-refractivity contribution is 8.00. The fraction of sp³-hybridized carbons (Fsp3) is 0.148. The van der Waals surface area contributed by atoms with Crippen LogP contribution in [0.15, 0.2) is 82.7 Å². The molecule has 182 valence electrons. The summed E-state index contributed by atoms with van der Waals surface area (Å²) in [5.41, 5.74) is 3.57. The van der Waals surface area contributed by atoms with E-state index in [1.165, 1.54) is 0 Å². The van der Waals surface area contributed by atoms with E-state index >= 15 is 0 Å². The van der Waals surface area contributed by atoms with Crippen LogP contribution in [0, 0.1) is 13.8 Å². The van der Waals surface area contributed by atoms with E-state index in [1.54, 1.807) is 43.3 Å². The molecular formula is C27H25N5O3S. The smallest absolute Gasteiger partial charge is 0.278 e. The lowest BCUT2D eigenvalue weighted by molar-refractivity contribution is -0.115. The van der Waals surface area contributed by atoms with E-state index in [9.17, 15) is 14.4 Å². The molecule has 0 saturated carbocycles. The largest absolute Gasteiger partial charge is 0.325 e. The van der Waals surface area contributed by atoms with Crippen molar-refractivity contribution >= 4 is 35.0 Å². The van der Waals surface area contributed by atoms with E-state index in [0.717, 1.165) is 28.6 Å². The third kappa shape index (κ3) is 5.87. The molecule has 1 atom stereocenters. The zero-order valence-electron chi connectivity index (χ0n) is 20.0. The second-order valence-corrected chi connectivity index (χ2v) is 9.57. The van der Waals surface area contributed by atoms with E-state index in [1.807, 2.05) is 50.2 Å². The van der Waals surface area contributed by atoms with Crippen LogP contribution in [0.4, 0.5) is 11.4 Å². The van der Waals surface area contributed by atoms with Crippen LogP contribution in [-0.4, -0.2) is 32.2 Å². The van der Waals surface area contributed by atoms with Crippen LogP contribution in [0.3, 0.4) is 0 Å². The number of carbonyl (C=O) groups excluding carboxylic acids is 2. The number of H-pyrrole nitrogens is 1. The maximum absolute atomic E-state index is 13.0. The Labute approximate surface area is 212 Å². The first kappa shape index (κ1) is 24.9. The first-order valence-corrected chi connectivity index (χ1v) is 12.2. The highest BCUT2D eigenvalue weighted by Crippen LogP contribution is 2.27. The van der Waals surface area contributed by atoms with Crippen LogP contribution in [0.25, 0.3) is 11.3 Å². The maximum Gasteiger partial charge on any atom is 0.278 e. The fourth-order valence-corrected chi connectivity index (χ4v) is 4.21. The van der Waals surface area contributed by atoms with Gasteiger partial charge < -0.3 is 10.6 Å². The number of anilines is 2. The molecule has 0 aliphatic heterocycles. The minimum atomic E-state index is -0.528. The van der Waals surface area contributed by atoms with Crippen molar-refractivity contribution < 1.29 is 9.59 Å². The zero-order chi connectivity index (χ0) is 25.7. The van der Waals surface area contributed by atoms with Gasteiger partial charge in [0.15, 0.2) is 10.9 Å². The quantitative estimate of drug-likeness (QED) is 0.314. The van der Waals surface area contributed by atoms with E-state index in [-0.39, 0.29) is 22.7 Å². The Morgan fingerprint density at radius 2 is 1.61 bits per heavy atom. The lowest BCUT2D eigenvalue weighted by atomic mass is 10.1. The van der Waals surface area contributed by atoms with Crippen molar-refractivity contribution in [2.24, 2.45) is 0 Å². The summed E-state index contributed by atoms with van der Waals surface area (Å²) in [7, 11) is 0. The molecule has 0 aliphatic carbocycles. The van der Waals surface area contributed by atoms with Crippen LogP contribution in [0.1, 0.15) is 28.4 Å². The molecule has 0 fully saturated rings. The highest BCUT2D eigenvalue weighted by Gasteiger charge is 2.19. The predicted molar refractivity (Wildman–Crippen MR) is 142 cm³/mol. The number of hydrogen-bond donors (Lipinski definition) is 3. The van der Waals surface area contributed by atoms with Crippen molar-refractivity contribution in [3.05, 3.63) is 99.8 Å². The number of amides is 2. The Morgan fingerprint density at radius 3 is 2.33 bits per heavy atom. The van der Waals surface area contributed by atoms with Gasteiger partial charge in [0.05, 0.1) is 10.9 Å². The SMILES string of the molecule is Cc1ccc(NC(=O)c2ccccc2)c(-c2nnc(S[C@@H](C)C(=O)Nc3ccccc3C)[nH]c2=O)c1. The number of thioether (sulfide) groups is 1. The summed E-state index contributed by atoms with van der Waals surface area (Å²) in [5, 5.41) is 13.7. The molecule has 0 saturated heterocycles. The normalized spacial score (nSPS) is 11.5. The molecule has 1 aromatic heterocycles. The Bertz CT molecular complexity index is 1470. The first-order chi connectivity index (χ1) is 17.3. The van der Waals surface area contributed by atoms with E-state index < -0.39 is 10.8 Å². The molecule has 4 aromatic rings. The number of aromatic nitrogens is 3. The van der Waals surface area contributed by atoms with Gasteiger partial charge in [-0.2, -0.15) is 0 Å². The van der Waals surface area contributed by atoms with Gasteiger partial charge in [-0.25, -0.2) is 0 Å². The van der Waals surface area contributed by atoms with E-state index in [2.05, 4.69) is 25.8 Å². The number of benzene rings is 3. The molecule has 0 radical (unpaired) electrons. The van der Waals surface area contributed by atoms with Crippen molar-refractivity contribution in [2.75, 3.05) is 10.6 Å². The van der Waals surface area contributed by atoms with Crippen molar-refractivity contribution in [3.8, 4) is 11.3 Å². The Hall–Kier alpha value is -4.24. The minimum Gasteiger partial charge on any atom is -0.325 e. The number of carbonyl (C=O) groups is 2. The third-order valence-corrected chi connectivity index (χ3v) is 6.43. The Balaban J connectivity index is 1.53. The lowest BCUT2D eigenvalue weighted by Crippen LogP contribution is -2.24.